The van der Waals surface area contributed by atoms with Crippen LogP contribution in [0.15, 0.2) is 17.5 Å². The first kappa shape index (κ1) is 13.0. The van der Waals surface area contributed by atoms with Crippen LogP contribution in [0.25, 0.3) is 0 Å². The first-order chi connectivity index (χ1) is 7.42. The fourth-order valence-electron chi connectivity index (χ4n) is 1.19. The number of hydrogen-bond donors (Lipinski definition) is 2. The summed E-state index contributed by atoms with van der Waals surface area (Å²) in [6.07, 6.45) is -0.434. The maximum absolute atomic E-state index is 11.5. The van der Waals surface area contributed by atoms with E-state index in [0.717, 1.165) is 4.88 Å². The maximum atomic E-state index is 11.5. The highest BCUT2D eigenvalue weighted by atomic mass is 32.1. The third kappa shape index (κ3) is 4.20. The van der Waals surface area contributed by atoms with Gasteiger partial charge in [0.2, 0.25) is 0 Å². The Hall–Kier alpha value is -1.07. The van der Waals surface area contributed by atoms with Gasteiger partial charge in [-0.25, -0.2) is 4.79 Å². The molecule has 5 heteroatoms. The van der Waals surface area contributed by atoms with Gasteiger partial charge in [0.05, 0.1) is 6.04 Å². The van der Waals surface area contributed by atoms with E-state index in [9.17, 15) is 4.79 Å². The van der Waals surface area contributed by atoms with Gasteiger partial charge >= 0.3 is 6.09 Å². The Morgan fingerprint density at radius 3 is 2.75 bits per heavy atom. The van der Waals surface area contributed by atoms with Gasteiger partial charge in [0.15, 0.2) is 0 Å². The summed E-state index contributed by atoms with van der Waals surface area (Å²) in [5, 5.41) is 4.70. The van der Waals surface area contributed by atoms with Gasteiger partial charge in [-0.15, -0.1) is 11.3 Å². The summed E-state index contributed by atoms with van der Waals surface area (Å²) in [5.74, 6) is 0. The van der Waals surface area contributed by atoms with Crippen molar-refractivity contribution in [3.8, 4) is 0 Å². The summed E-state index contributed by atoms with van der Waals surface area (Å²) < 4.78 is 5.17. The van der Waals surface area contributed by atoms with Crippen LogP contribution in [0.4, 0.5) is 4.79 Å². The monoisotopic (exact) mass is 242 g/mol. The summed E-state index contributed by atoms with van der Waals surface area (Å²) in [4.78, 5) is 12.6. The number of carbonyl (C=O) groups is 1. The third-order valence-corrected chi connectivity index (χ3v) is 2.80. The van der Waals surface area contributed by atoms with Crippen molar-refractivity contribution in [1.82, 2.24) is 5.32 Å². The third-order valence-electron chi connectivity index (χ3n) is 1.81. The quantitative estimate of drug-likeness (QED) is 0.854. The smallest absolute Gasteiger partial charge is 0.408 e. The lowest BCUT2D eigenvalue weighted by molar-refractivity contribution is 0.0506. The Bertz CT molecular complexity index is 330. The fraction of sp³-hybridized carbons (Fsp3) is 0.545. The number of thiophene rings is 1. The Balaban J connectivity index is 2.55. The van der Waals surface area contributed by atoms with Gasteiger partial charge < -0.3 is 15.8 Å². The highest BCUT2D eigenvalue weighted by Gasteiger charge is 2.19. The van der Waals surface area contributed by atoms with Crippen LogP contribution in [0, 0.1) is 0 Å². The molecule has 1 amide bonds. The molecule has 1 aromatic heterocycles. The van der Waals surface area contributed by atoms with Crippen molar-refractivity contribution in [2.75, 3.05) is 6.54 Å². The van der Waals surface area contributed by atoms with E-state index in [0.29, 0.717) is 6.54 Å². The number of hydrogen-bond acceptors (Lipinski definition) is 4. The predicted molar refractivity (Wildman–Crippen MR) is 65.5 cm³/mol. The first-order valence-corrected chi connectivity index (χ1v) is 6.03. The lowest BCUT2D eigenvalue weighted by Crippen LogP contribution is -2.37. The normalized spacial score (nSPS) is 13.2. The molecule has 1 heterocycles. The summed E-state index contributed by atoms with van der Waals surface area (Å²) in [5.41, 5.74) is 5.12. The van der Waals surface area contributed by atoms with Gasteiger partial charge in [0.25, 0.3) is 0 Å². The minimum absolute atomic E-state index is 0.171. The molecule has 0 aliphatic rings. The summed E-state index contributed by atoms with van der Waals surface area (Å²) in [7, 11) is 0. The number of alkyl carbamates (subject to hydrolysis) is 1. The van der Waals surface area contributed by atoms with Crippen LogP contribution in [-0.2, 0) is 4.74 Å². The second-order valence-electron chi connectivity index (χ2n) is 4.45. The summed E-state index contributed by atoms with van der Waals surface area (Å²) >= 11 is 1.57. The van der Waals surface area contributed by atoms with Crippen molar-refractivity contribution in [3.63, 3.8) is 0 Å². The van der Waals surface area contributed by atoms with E-state index in [1.54, 1.807) is 11.3 Å². The Morgan fingerprint density at radius 2 is 2.31 bits per heavy atom. The maximum Gasteiger partial charge on any atom is 0.408 e. The molecule has 0 aliphatic heterocycles. The van der Waals surface area contributed by atoms with Crippen molar-refractivity contribution in [2.45, 2.75) is 32.4 Å². The topological polar surface area (TPSA) is 64.3 Å². The van der Waals surface area contributed by atoms with Crippen molar-refractivity contribution in [3.05, 3.63) is 22.4 Å². The van der Waals surface area contributed by atoms with Crippen molar-refractivity contribution < 1.29 is 9.53 Å². The number of amides is 1. The van der Waals surface area contributed by atoms with Gasteiger partial charge in [-0.2, -0.15) is 0 Å². The minimum atomic E-state index is -0.487. The van der Waals surface area contributed by atoms with Gasteiger partial charge in [0.1, 0.15) is 5.60 Å². The molecule has 0 radical (unpaired) electrons. The first-order valence-electron chi connectivity index (χ1n) is 5.15. The molecular formula is C11H18N2O2S. The molecule has 3 N–H and O–H groups in total. The van der Waals surface area contributed by atoms with Crippen LogP contribution >= 0.6 is 11.3 Å². The predicted octanol–water partition coefficient (Wildman–Crippen LogP) is 2.27. The van der Waals surface area contributed by atoms with Crippen LogP contribution in [0.2, 0.25) is 0 Å². The molecule has 0 saturated carbocycles. The lowest BCUT2D eigenvalue weighted by Gasteiger charge is -2.22. The Morgan fingerprint density at radius 1 is 1.62 bits per heavy atom. The zero-order valence-corrected chi connectivity index (χ0v) is 10.6. The molecule has 1 unspecified atom stereocenters. The molecule has 0 aliphatic carbocycles. The molecule has 90 valence electrons. The van der Waals surface area contributed by atoms with Gasteiger partial charge in [-0.05, 0) is 32.2 Å². The molecule has 4 nitrogen and oxygen atoms in total. The molecule has 0 saturated heterocycles. The molecule has 0 spiro atoms. The number of rotatable bonds is 3. The van der Waals surface area contributed by atoms with E-state index < -0.39 is 11.7 Å². The largest absolute Gasteiger partial charge is 0.444 e. The molecule has 1 aromatic rings. The highest BCUT2D eigenvalue weighted by molar-refractivity contribution is 7.10. The summed E-state index contributed by atoms with van der Waals surface area (Å²) in [6.45, 7) is 5.85. The molecule has 1 rings (SSSR count). The van der Waals surface area contributed by atoms with Crippen LogP contribution in [0.5, 0.6) is 0 Å². The van der Waals surface area contributed by atoms with E-state index >= 15 is 0 Å². The van der Waals surface area contributed by atoms with Gasteiger partial charge in [-0.1, -0.05) is 6.07 Å². The number of ether oxygens (including phenoxy) is 1. The molecule has 16 heavy (non-hydrogen) atoms. The highest BCUT2D eigenvalue weighted by Crippen LogP contribution is 2.18. The number of carbonyl (C=O) groups excluding carboxylic acids is 1. The Labute approximate surface area is 99.8 Å². The zero-order chi connectivity index (χ0) is 12.2. The average Bonchev–Trinajstić information content (AvgIpc) is 2.63. The van der Waals surface area contributed by atoms with E-state index in [2.05, 4.69) is 5.32 Å². The van der Waals surface area contributed by atoms with Gasteiger partial charge in [-0.3, -0.25) is 0 Å². The molecule has 0 bridgehead atoms. The number of nitrogens with two attached hydrogens (primary N) is 1. The Kier molecular flexibility index (Phi) is 4.32. The molecular weight excluding hydrogens is 224 g/mol. The van der Waals surface area contributed by atoms with Crippen LogP contribution in [0.1, 0.15) is 31.7 Å². The fourth-order valence-corrected chi connectivity index (χ4v) is 1.98. The summed E-state index contributed by atoms with van der Waals surface area (Å²) in [6, 6.07) is 3.70. The average molecular weight is 242 g/mol. The minimum Gasteiger partial charge on any atom is -0.444 e. The van der Waals surface area contributed by atoms with Gasteiger partial charge in [0, 0.05) is 11.4 Å². The standard InChI is InChI=1S/C11H18N2O2S/c1-11(2,3)15-10(14)13-8(7-12)9-5-4-6-16-9/h4-6,8H,7,12H2,1-3H3,(H,13,14). The SMILES string of the molecule is CC(C)(C)OC(=O)NC(CN)c1cccs1. The van der Waals surface area contributed by atoms with E-state index in [1.165, 1.54) is 0 Å². The lowest BCUT2D eigenvalue weighted by atomic mass is 10.2. The van der Waals surface area contributed by atoms with Crippen molar-refractivity contribution in [1.29, 1.82) is 0 Å². The van der Waals surface area contributed by atoms with Crippen molar-refractivity contribution >= 4 is 17.4 Å². The van der Waals surface area contributed by atoms with Crippen molar-refractivity contribution in [2.24, 2.45) is 5.73 Å². The number of nitrogens with one attached hydrogen (secondary N) is 1. The van der Waals surface area contributed by atoms with Crippen LogP contribution < -0.4 is 11.1 Å². The zero-order valence-electron chi connectivity index (χ0n) is 9.82. The van der Waals surface area contributed by atoms with Crippen LogP contribution in [-0.4, -0.2) is 18.2 Å². The van der Waals surface area contributed by atoms with E-state index in [4.69, 9.17) is 10.5 Å². The van der Waals surface area contributed by atoms with Crippen LogP contribution in [0.3, 0.4) is 0 Å². The second-order valence-corrected chi connectivity index (χ2v) is 5.43. The second kappa shape index (κ2) is 5.32. The van der Waals surface area contributed by atoms with E-state index in [-0.39, 0.29) is 6.04 Å². The molecule has 0 aromatic carbocycles. The van der Waals surface area contributed by atoms with E-state index in [1.807, 2.05) is 38.3 Å². The molecule has 0 fully saturated rings. The molecule has 1 atom stereocenters.